The summed E-state index contributed by atoms with van der Waals surface area (Å²) in [5, 5.41) is 3.61. The first-order valence-corrected chi connectivity index (χ1v) is 8.18. The number of halogens is 1. The minimum absolute atomic E-state index is 0.174. The Kier molecular flexibility index (Phi) is 4.86. The van der Waals surface area contributed by atoms with E-state index in [1.165, 1.54) is 14.2 Å². The van der Waals surface area contributed by atoms with E-state index < -0.39 is 11.7 Å². The first-order chi connectivity index (χ1) is 12.5. The van der Waals surface area contributed by atoms with Crippen molar-refractivity contribution in [1.82, 2.24) is 10.3 Å². The number of ether oxygens (including phenoxy) is 2. The molecule has 3 aromatic rings. The molecule has 0 aliphatic carbocycles. The predicted molar refractivity (Wildman–Crippen MR) is 100 cm³/mol. The number of fused-ring (bicyclic) bond motifs is 1. The van der Waals surface area contributed by atoms with E-state index in [1.54, 1.807) is 43.5 Å². The molecule has 0 aliphatic rings. The Morgan fingerprint density at radius 1 is 1.08 bits per heavy atom. The molecule has 0 unspecified atom stereocenters. The largest absolute Gasteiger partial charge is 0.497 e. The van der Waals surface area contributed by atoms with E-state index in [4.69, 9.17) is 21.1 Å². The van der Waals surface area contributed by atoms with E-state index >= 15 is 0 Å². The summed E-state index contributed by atoms with van der Waals surface area (Å²) in [6.45, 7) is 0. The maximum absolute atomic E-state index is 12.6. The monoisotopic (exact) mass is 372 g/mol. The van der Waals surface area contributed by atoms with Crippen LogP contribution >= 0.6 is 11.6 Å². The molecule has 0 fully saturated rings. The minimum atomic E-state index is -0.710. The second-order valence-corrected chi connectivity index (χ2v) is 5.98. The van der Waals surface area contributed by atoms with Crippen LogP contribution in [0.3, 0.4) is 0 Å². The van der Waals surface area contributed by atoms with Gasteiger partial charge in [0.05, 0.1) is 25.1 Å². The first-order valence-electron chi connectivity index (χ1n) is 7.80. The highest BCUT2D eigenvalue weighted by Gasteiger charge is 2.26. The van der Waals surface area contributed by atoms with E-state index in [2.05, 4.69) is 10.3 Å². The summed E-state index contributed by atoms with van der Waals surface area (Å²) in [5.74, 6) is -0.291. The standard InChI is InChI=1S/C19H17ClN2O4/c1-21-19(24)18(23)17-15(10-4-6-11(20)7-5-10)16-13(22-17)8-12(25-2)9-14(16)26-3/h4-9,22H,1-3H3,(H,21,24). The van der Waals surface area contributed by atoms with Crippen LogP contribution in [0, 0.1) is 0 Å². The third-order valence-corrected chi connectivity index (χ3v) is 4.34. The maximum atomic E-state index is 12.6. The van der Waals surface area contributed by atoms with Crippen LogP contribution in [0.15, 0.2) is 36.4 Å². The number of Topliss-reactive ketones (excluding diaryl/α,β-unsaturated/α-hetero) is 1. The molecule has 26 heavy (non-hydrogen) atoms. The average molecular weight is 373 g/mol. The molecular weight excluding hydrogens is 356 g/mol. The molecule has 0 atom stereocenters. The van der Waals surface area contributed by atoms with Crippen LogP contribution in [0.1, 0.15) is 10.5 Å². The zero-order chi connectivity index (χ0) is 18.8. The summed E-state index contributed by atoms with van der Waals surface area (Å²) < 4.78 is 10.8. The number of carbonyl (C=O) groups excluding carboxylic acids is 2. The number of likely N-dealkylation sites (N-methyl/N-ethyl adjacent to an activating group) is 1. The molecule has 0 bridgehead atoms. The average Bonchev–Trinajstić information content (AvgIpc) is 3.05. The van der Waals surface area contributed by atoms with E-state index in [0.29, 0.717) is 33.0 Å². The number of nitrogens with one attached hydrogen (secondary N) is 2. The van der Waals surface area contributed by atoms with Gasteiger partial charge in [-0.25, -0.2) is 0 Å². The Hall–Kier alpha value is -2.99. The smallest absolute Gasteiger partial charge is 0.293 e. The number of benzene rings is 2. The molecule has 2 N–H and O–H groups in total. The van der Waals surface area contributed by atoms with Gasteiger partial charge in [0.25, 0.3) is 11.7 Å². The highest BCUT2D eigenvalue weighted by atomic mass is 35.5. The lowest BCUT2D eigenvalue weighted by Crippen LogP contribution is -2.28. The van der Waals surface area contributed by atoms with Crippen LogP contribution in [0.4, 0.5) is 0 Å². The second kappa shape index (κ2) is 7.09. The number of methoxy groups -OCH3 is 2. The number of hydrogen-bond acceptors (Lipinski definition) is 4. The summed E-state index contributed by atoms with van der Waals surface area (Å²) in [7, 11) is 4.49. The summed E-state index contributed by atoms with van der Waals surface area (Å²) in [5.41, 5.74) is 2.10. The van der Waals surface area contributed by atoms with Crippen LogP contribution in [-0.2, 0) is 4.79 Å². The number of rotatable bonds is 5. The summed E-state index contributed by atoms with van der Waals surface area (Å²) in [6.07, 6.45) is 0. The topological polar surface area (TPSA) is 80.4 Å². The van der Waals surface area contributed by atoms with Gasteiger partial charge in [0, 0.05) is 29.8 Å². The Balaban J connectivity index is 2.38. The Labute approximate surface area is 155 Å². The molecule has 0 aliphatic heterocycles. The lowest BCUT2D eigenvalue weighted by molar-refractivity contribution is -0.116. The minimum Gasteiger partial charge on any atom is -0.497 e. The number of H-pyrrole nitrogens is 1. The van der Waals surface area contributed by atoms with Crippen molar-refractivity contribution in [2.75, 3.05) is 21.3 Å². The van der Waals surface area contributed by atoms with Crippen molar-refractivity contribution in [3.8, 4) is 22.6 Å². The van der Waals surface area contributed by atoms with Crippen molar-refractivity contribution < 1.29 is 19.1 Å². The number of amides is 1. The normalized spacial score (nSPS) is 10.6. The molecule has 7 heteroatoms. The highest BCUT2D eigenvalue weighted by Crippen LogP contribution is 2.41. The molecule has 0 spiro atoms. The molecule has 1 amide bonds. The van der Waals surface area contributed by atoms with Gasteiger partial charge < -0.3 is 19.8 Å². The number of aromatic amines is 1. The van der Waals surface area contributed by atoms with Gasteiger partial charge in [-0.3, -0.25) is 9.59 Å². The fourth-order valence-electron chi connectivity index (χ4n) is 2.85. The number of carbonyl (C=O) groups is 2. The molecule has 0 saturated heterocycles. The third-order valence-electron chi connectivity index (χ3n) is 4.08. The number of aromatic nitrogens is 1. The zero-order valence-electron chi connectivity index (χ0n) is 14.5. The van der Waals surface area contributed by atoms with Crippen LogP contribution in [-0.4, -0.2) is 37.9 Å². The molecular formula is C19H17ClN2O4. The molecule has 1 heterocycles. The van der Waals surface area contributed by atoms with Gasteiger partial charge in [-0.15, -0.1) is 0 Å². The van der Waals surface area contributed by atoms with Crippen molar-refractivity contribution in [2.24, 2.45) is 0 Å². The van der Waals surface area contributed by atoms with Gasteiger partial charge in [-0.2, -0.15) is 0 Å². The lowest BCUT2D eigenvalue weighted by Gasteiger charge is -2.09. The molecule has 134 valence electrons. The Morgan fingerprint density at radius 3 is 2.35 bits per heavy atom. The van der Waals surface area contributed by atoms with Crippen LogP contribution in [0.5, 0.6) is 11.5 Å². The van der Waals surface area contributed by atoms with Gasteiger partial charge in [-0.05, 0) is 17.7 Å². The van der Waals surface area contributed by atoms with Gasteiger partial charge in [0.15, 0.2) is 0 Å². The van der Waals surface area contributed by atoms with Gasteiger partial charge in [0.2, 0.25) is 0 Å². The van der Waals surface area contributed by atoms with Crippen LogP contribution in [0.25, 0.3) is 22.0 Å². The number of hydrogen-bond donors (Lipinski definition) is 2. The molecule has 3 rings (SSSR count). The SMILES string of the molecule is CNC(=O)C(=O)c1[nH]c2cc(OC)cc(OC)c2c1-c1ccc(Cl)cc1. The van der Waals surface area contributed by atoms with Crippen LogP contribution in [0.2, 0.25) is 5.02 Å². The predicted octanol–water partition coefficient (Wildman–Crippen LogP) is 3.43. The van der Waals surface area contributed by atoms with Crippen molar-refractivity contribution in [1.29, 1.82) is 0 Å². The van der Waals surface area contributed by atoms with E-state index in [0.717, 1.165) is 5.56 Å². The van der Waals surface area contributed by atoms with Crippen molar-refractivity contribution >= 4 is 34.2 Å². The van der Waals surface area contributed by atoms with Crippen molar-refractivity contribution in [3.63, 3.8) is 0 Å². The quantitative estimate of drug-likeness (QED) is 0.531. The fourth-order valence-corrected chi connectivity index (χ4v) is 2.98. The zero-order valence-corrected chi connectivity index (χ0v) is 15.2. The second-order valence-electron chi connectivity index (χ2n) is 5.54. The van der Waals surface area contributed by atoms with E-state index in [-0.39, 0.29) is 5.69 Å². The number of ketones is 1. The fraction of sp³-hybridized carbons (Fsp3) is 0.158. The third kappa shape index (κ3) is 2.99. The van der Waals surface area contributed by atoms with E-state index in [1.807, 2.05) is 0 Å². The Morgan fingerprint density at radius 2 is 1.77 bits per heavy atom. The highest BCUT2D eigenvalue weighted by molar-refractivity contribution is 6.44. The van der Waals surface area contributed by atoms with E-state index in [9.17, 15) is 9.59 Å². The van der Waals surface area contributed by atoms with Gasteiger partial charge in [0.1, 0.15) is 17.2 Å². The first kappa shape index (κ1) is 17.8. The van der Waals surface area contributed by atoms with Crippen molar-refractivity contribution in [3.05, 3.63) is 47.1 Å². The van der Waals surface area contributed by atoms with Gasteiger partial charge in [-0.1, -0.05) is 23.7 Å². The summed E-state index contributed by atoms with van der Waals surface area (Å²) in [6, 6.07) is 10.5. The van der Waals surface area contributed by atoms with Gasteiger partial charge >= 0.3 is 0 Å². The molecule has 6 nitrogen and oxygen atoms in total. The van der Waals surface area contributed by atoms with Crippen molar-refractivity contribution in [2.45, 2.75) is 0 Å². The lowest BCUT2D eigenvalue weighted by atomic mass is 9.99. The Bertz CT molecular complexity index is 993. The van der Waals surface area contributed by atoms with Crippen LogP contribution < -0.4 is 14.8 Å². The molecule has 0 radical (unpaired) electrons. The molecule has 2 aromatic carbocycles. The molecule has 0 saturated carbocycles. The molecule has 1 aromatic heterocycles. The summed E-state index contributed by atoms with van der Waals surface area (Å²) >= 11 is 5.98. The summed E-state index contributed by atoms with van der Waals surface area (Å²) in [4.78, 5) is 27.6. The maximum Gasteiger partial charge on any atom is 0.293 e.